The molecule has 0 spiro atoms. The Labute approximate surface area is 105 Å². The third-order valence-electron chi connectivity index (χ3n) is 2.57. The van der Waals surface area contributed by atoms with E-state index in [1.54, 1.807) is 0 Å². The Kier molecular flexibility index (Phi) is 2.42. The Balaban J connectivity index is 2.21. The van der Waals surface area contributed by atoms with Crippen LogP contribution in [0, 0.1) is 0 Å². The summed E-state index contributed by atoms with van der Waals surface area (Å²) in [5.74, 6) is 0.907. The van der Waals surface area contributed by atoms with E-state index < -0.39 is 0 Å². The molecule has 0 fully saturated rings. The largest absolute Gasteiger partial charge is 0.485 e. The predicted octanol–water partition coefficient (Wildman–Crippen LogP) is 3.84. The second-order valence-electron chi connectivity index (χ2n) is 3.50. The van der Waals surface area contributed by atoms with E-state index >= 15 is 0 Å². The maximum absolute atomic E-state index is 5.94. The summed E-state index contributed by atoms with van der Waals surface area (Å²) in [6.45, 7) is 0. The van der Waals surface area contributed by atoms with Crippen LogP contribution in [0.3, 0.4) is 0 Å². The second kappa shape index (κ2) is 3.65. The van der Waals surface area contributed by atoms with Crippen LogP contribution in [-0.4, -0.2) is 11.5 Å². The standard InChI is InChI=1S/C11H8BrClOS/c12-11-10-7-2-1-6(13)5-9(7)14-8(10)3-4-15-11/h1-2,4-5,8,15H,3H2. The van der Waals surface area contributed by atoms with E-state index in [1.165, 1.54) is 26.3 Å². The Morgan fingerprint density at radius 3 is 3.20 bits per heavy atom. The first-order chi connectivity index (χ1) is 7.25. The van der Waals surface area contributed by atoms with Gasteiger partial charge in [0.25, 0.3) is 0 Å². The SMILES string of the molecule is Clc1ccc2c(c1)OC1CC=[SH]C(Br)=C21. The normalized spacial score (nSPS) is 22.9. The Bertz CT molecular complexity index is 495. The Morgan fingerprint density at radius 1 is 1.47 bits per heavy atom. The van der Waals surface area contributed by atoms with Gasteiger partial charge in [0, 0.05) is 26.4 Å². The average Bonchev–Trinajstić information content (AvgIpc) is 2.56. The van der Waals surface area contributed by atoms with Gasteiger partial charge in [-0.25, -0.2) is 0 Å². The van der Waals surface area contributed by atoms with Crippen LogP contribution in [0.5, 0.6) is 5.75 Å². The third kappa shape index (κ3) is 1.57. The summed E-state index contributed by atoms with van der Waals surface area (Å²) < 4.78 is 7.06. The molecule has 2 aliphatic rings. The molecule has 1 aromatic carbocycles. The fourth-order valence-electron chi connectivity index (χ4n) is 1.91. The van der Waals surface area contributed by atoms with Gasteiger partial charge in [-0.05, 0) is 34.1 Å². The highest BCUT2D eigenvalue weighted by Gasteiger charge is 2.31. The van der Waals surface area contributed by atoms with Crippen molar-refractivity contribution >= 4 is 49.8 Å². The molecule has 0 aliphatic carbocycles. The molecule has 1 unspecified atom stereocenters. The van der Waals surface area contributed by atoms with Crippen molar-refractivity contribution in [3.05, 3.63) is 32.6 Å². The molecule has 78 valence electrons. The second-order valence-corrected chi connectivity index (χ2v) is 6.41. The van der Waals surface area contributed by atoms with Gasteiger partial charge >= 0.3 is 0 Å². The van der Waals surface area contributed by atoms with Crippen molar-refractivity contribution < 1.29 is 4.74 Å². The Morgan fingerprint density at radius 2 is 2.33 bits per heavy atom. The maximum atomic E-state index is 5.94. The molecule has 1 nitrogen and oxygen atoms in total. The smallest absolute Gasteiger partial charge is 0.130 e. The van der Waals surface area contributed by atoms with E-state index in [-0.39, 0.29) is 6.10 Å². The van der Waals surface area contributed by atoms with Crippen LogP contribution >= 0.6 is 38.9 Å². The van der Waals surface area contributed by atoms with Crippen molar-refractivity contribution in [2.45, 2.75) is 12.5 Å². The molecule has 0 saturated heterocycles. The van der Waals surface area contributed by atoms with Crippen LogP contribution in [-0.2, 0) is 0 Å². The van der Waals surface area contributed by atoms with E-state index in [2.05, 4.69) is 21.3 Å². The van der Waals surface area contributed by atoms with Crippen LogP contribution in [0.25, 0.3) is 5.57 Å². The molecule has 4 heteroatoms. The zero-order chi connectivity index (χ0) is 10.4. The van der Waals surface area contributed by atoms with Crippen molar-refractivity contribution in [2.24, 2.45) is 0 Å². The first-order valence-corrected chi connectivity index (χ1v) is 6.78. The fourth-order valence-corrected chi connectivity index (χ4v) is 3.84. The molecule has 3 rings (SSSR count). The highest BCUT2D eigenvalue weighted by Crippen LogP contribution is 2.46. The van der Waals surface area contributed by atoms with E-state index in [1.807, 2.05) is 18.2 Å². The first-order valence-electron chi connectivity index (χ1n) is 4.64. The quantitative estimate of drug-likeness (QED) is 0.566. The van der Waals surface area contributed by atoms with Crippen LogP contribution in [0.1, 0.15) is 12.0 Å². The predicted molar refractivity (Wildman–Crippen MR) is 71.4 cm³/mol. The van der Waals surface area contributed by atoms with E-state index in [9.17, 15) is 0 Å². The van der Waals surface area contributed by atoms with Gasteiger partial charge in [0.05, 0.1) is 0 Å². The number of ether oxygens (including phenoxy) is 1. The number of hydrogen-bond donors (Lipinski definition) is 1. The summed E-state index contributed by atoms with van der Waals surface area (Å²) >= 11 is 10.8. The van der Waals surface area contributed by atoms with Gasteiger partial charge in [0.1, 0.15) is 11.9 Å². The van der Waals surface area contributed by atoms with Gasteiger partial charge < -0.3 is 4.74 Å². The van der Waals surface area contributed by atoms with Crippen LogP contribution in [0.2, 0.25) is 5.02 Å². The minimum absolute atomic E-state index is 0.175. The number of hydrogen-bond acceptors (Lipinski definition) is 1. The molecule has 0 aromatic heterocycles. The van der Waals surface area contributed by atoms with Crippen LogP contribution in [0.15, 0.2) is 22.0 Å². The van der Waals surface area contributed by atoms with Crippen molar-refractivity contribution in [2.75, 3.05) is 0 Å². The van der Waals surface area contributed by atoms with Crippen molar-refractivity contribution in [3.8, 4) is 5.75 Å². The molecule has 1 atom stereocenters. The monoisotopic (exact) mass is 302 g/mol. The van der Waals surface area contributed by atoms with Crippen molar-refractivity contribution in [3.63, 3.8) is 0 Å². The van der Waals surface area contributed by atoms with E-state index in [0.29, 0.717) is 0 Å². The summed E-state index contributed by atoms with van der Waals surface area (Å²) in [5, 5.41) is 2.94. The zero-order valence-corrected chi connectivity index (χ0v) is 10.9. The van der Waals surface area contributed by atoms with Crippen LogP contribution < -0.4 is 4.74 Å². The molecule has 2 heterocycles. The number of rotatable bonds is 0. The van der Waals surface area contributed by atoms with Gasteiger partial charge in [0.15, 0.2) is 0 Å². The van der Waals surface area contributed by atoms with E-state index in [0.717, 1.165) is 17.2 Å². The zero-order valence-electron chi connectivity index (χ0n) is 7.71. The molecular weight excluding hydrogens is 296 g/mol. The lowest BCUT2D eigenvalue weighted by atomic mass is 10.0. The van der Waals surface area contributed by atoms with E-state index in [4.69, 9.17) is 16.3 Å². The summed E-state index contributed by atoms with van der Waals surface area (Å²) in [5.41, 5.74) is 2.46. The summed E-state index contributed by atoms with van der Waals surface area (Å²) in [7, 11) is 0. The minimum atomic E-state index is 0.175. The maximum Gasteiger partial charge on any atom is 0.130 e. The highest BCUT2D eigenvalue weighted by molar-refractivity contribution is 9.14. The number of fused-ring (bicyclic) bond motifs is 3. The Hall–Kier alpha value is -0.250. The molecule has 2 aliphatic heterocycles. The molecule has 0 bridgehead atoms. The summed E-state index contributed by atoms with van der Waals surface area (Å²) in [6, 6.07) is 5.84. The number of thiol groups is 1. The number of benzene rings is 1. The molecule has 0 saturated carbocycles. The molecule has 1 aromatic rings. The molecule has 0 N–H and O–H groups in total. The van der Waals surface area contributed by atoms with Crippen molar-refractivity contribution in [1.29, 1.82) is 0 Å². The lowest BCUT2D eigenvalue weighted by molar-refractivity contribution is 0.286. The van der Waals surface area contributed by atoms with Crippen molar-refractivity contribution in [1.82, 2.24) is 0 Å². The lowest BCUT2D eigenvalue weighted by Crippen LogP contribution is -2.14. The summed E-state index contributed by atoms with van der Waals surface area (Å²) in [6.07, 6.45) is 1.15. The van der Waals surface area contributed by atoms with Gasteiger partial charge in [0.2, 0.25) is 0 Å². The third-order valence-corrected chi connectivity index (χ3v) is 4.71. The minimum Gasteiger partial charge on any atom is -0.485 e. The molecule has 0 amide bonds. The van der Waals surface area contributed by atoms with Gasteiger partial charge in [-0.2, -0.15) is 11.4 Å². The molecular formula is C11H8BrClOS. The van der Waals surface area contributed by atoms with Gasteiger partial charge in [-0.1, -0.05) is 17.0 Å². The average molecular weight is 304 g/mol. The lowest BCUT2D eigenvalue weighted by Gasteiger charge is -2.14. The van der Waals surface area contributed by atoms with Gasteiger partial charge in [-0.3, -0.25) is 0 Å². The first kappa shape index (κ1) is 9.94. The molecule has 0 radical (unpaired) electrons. The topological polar surface area (TPSA) is 9.23 Å². The number of halogens is 2. The fraction of sp³-hybridized carbons (Fsp3) is 0.182. The molecule has 15 heavy (non-hydrogen) atoms. The van der Waals surface area contributed by atoms with Crippen LogP contribution in [0.4, 0.5) is 0 Å². The highest BCUT2D eigenvalue weighted by atomic mass is 79.9. The van der Waals surface area contributed by atoms with Gasteiger partial charge in [-0.15, -0.1) is 0 Å². The summed E-state index contributed by atoms with van der Waals surface area (Å²) in [4.78, 5) is 0.